The zero-order chi connectivity index (χ0) is 15.8. The van der Waals surface area contributed by atoms with Gasteiger partial charge in [0.15, 0.2) is 0 Å². The summed E-state index contributed by atoms with van der Waals surface area (Å²) in [7, 11) is 0. The first-order valence-corrected chi connectivity index (χ1v) is 8.27. The lowest BCUT2D eigenvalue weighted by Crippen LogP contribution is -2.30. The number of anilines is 1. The van der Waals surface area contributed by atoms with Crippen molar-refractivity contribution in [3.8, 4) is 6.07 Å². The van der Waals surface area contributed by atoms with Crippen molar-refractivity contribution in [3.05, 3.63) is 29.8 Å². The smallest absolute Gasteiger partial charge is 0.234 e. The van der Waals surface area contributed by atoms with Gasteiger partial charge in [0.05, 0.1) is 22.6 Å². The van der Waals surface area contributed by atoms with Crippen molar-refractivity contribution in [1.82, 2.24) is 0 Å². The third kappa shape index (κ3) is 4.33. The number of benzene rings is 1. The maximum absolute atomic E-state index is 12.3. The summed E-state index contributed by atoms with van der Waals surface area (Å²) in [5.74, 6) is 0.0503. The number of amides is 1. The van der Waals surface area contributed by atoms with Gasteiger partial charge in [-0.2, -0.15) is 5.26 Å². The molecule has 0 bridgehead atoms. The van der Waals surface area contributed by atoms with E-state index in [2.05, 4.69) is 16.4 Å². The van der Waals surface area contributed by atoms with Gasteiger partial charge in [0.1, 0.15) is 0 Å². The minimum absolute atomic E-state index is 0.0252. The van der Waals surface area contributed by atoms with Crippen LogP contribution < -0.4 is 5.32 Å². The predicted molar refractivity (Wildman–Crippen MR) is 89.6 cm³/mol. The second-order valence-corrected chi connectivity index (χ2v) is 5.34. The number of nitrogens with zero attached hydrogens (tertiary/aromatic N) is 2. The molecule has 0 saturated carbocycles. The summed E-state index contributed by atoms with van der Waals surface area (Å²) in [5.41, 5.74) is 1.29. The Morgan fingerprint density at radius 3 is 2.52 bits per heavy atom. The Morgan fingerprint density at radius 2 is 2.00 bits per heavy atom. The highest BCUT2D eigenvalue weighted by Crippen LogP contribution is 2.27. The maximum Gasteiger partial charge on any atom is 0.234 e. The lowest BCUT2D eigenvalue weighted by Gasteiger charge is -2.16. The molecule has 4 nitrogen and oxygen atoms in total. The minimum Gasteiger partial charge on any atom is -0.325 e. The van der Waals surface area contributed by atoms with Crippen LogP contribution in [0.3, 0.4) is 0 Å². The Labute approximate surface area is 130 Å². The van der Waals surface area contributed by atoms with Crippen LogP contribution in [0.5, 0.6) is 0 Å². The van der Waals surface area contributed by atoms with Crippen LogP contribution in [-0.2, 0) is 4.79 Å². The second kappa shape index (κ2) is 8.48. The summed E-state index contributed by atoms with van der Waals surface area (Å²) in [4.78, 5) is 16.7. The van der Waals surface area contributed by atoms with Gasteiger partial charge in [-0.1, -0.05) is 20.8 Å². The molecule has 1 aliphatic heterocycles. The molecule has 0 saturated heterocycles. The van der Waals surface area contributed by atoms with E-state index in [1.807, 2.05) is 27.0 Å². The van der Waals surface area contributed by atoms with Crippen LogP contribution >= 0.6 is 11.8 Å². The molecule has 5 heteroatoms. The molecule has 1 aromatic carbocycles. The largest absolute Gasteiger partial charge is 0.325 e. The van der Waals surface area contributed by atoms with Crippen molar-refractivity contribution in [3.63, 3.8) is 0 Å². The van der Waals surface area contributed by atoms with E-state index in [-0.39, 0.29) is 17.7 Å². The molecular formula is C16H21N3OS. The molecule has 1 aromatic rings. The molecule has 21 heavy (non-hydrogen) atoms. The fourth-order valence-electron chi connectivity index (χ4n) is 2.09. The van der Waals surface area contributed by atoms with Crippen LogP contribution in [0.15, 0.2) is 29.3 Å². The molecule has 0 aliphatic carbocycles. The Bertz CT molecular complexity index is 546. The molecule has 1 heterocycles. The zero-order valence-corrected chi connectivity index (χ0v) is 13.7. The van der Waals surface area contributed by atoms with Crippen molar-refractivity contribution < 1.29 is 4.79 Å². The molecule has 1 aliphatic rings. The predicted octanol–water partition coefficient (Wildman–Crippen LogP) is 3.55. The van der Waals surface area contributed by atoms with E-state index < -0.39 is 0 Å². The SMILES string of the molecule is CC.CSC1=NCC(C)C1C(=O)Nc1ccc(C#N)cc1. The fraction of sp³-hybridized carbons (Fsp3) is 0.438. The summed E-state index contributed by atoms with van der Waals surface area (Å²) in [6.07, 6.45) is 1.94. The molecule has 0 fully saturated rings. The van der Waals surface area contributed by atoms with Crippen molar-refractivity contribution in [2.24, 2.45) is 16.8 Å². The first-order valence-electron chi connectivity index (χ1n) is 7.05. The van der Waals surface area contributed by atoms with Gasteiger partial charge in [-0.15, -0.1) is 11.8 Å². The van der Waals surface area contributed by atoms with Gasteiger partial charge in [0.2, 0.25) is 5.91 Å². The van der Waals surface area contributed by atoms with E-state index in [1.54, 1.807) is 24.3 Å². The molecule has 112 valence electrons. The van der Waals surface area contributed by atoms with E-state index in [1.165, 1.54) is 11.8 Å². The van der Waals surface area contributed by atoms with Crippen LogP contribution in [0.25, 0.3) is 0 Å². The third-order valence-electron chi connectivity index (χ3n) is 3.14. The van der Waals surface area contributed by atoms with Crippen molar-refractivity contribution in [2.45, 2.75) is 20.8 Å². The van der Waals surface area contributed by atoms with Gasteiger partial charge >= 0.3 is 0 Å². The number of nitriles is 1. The van der Waals surface area contributed by atoms with Gasteiger partial charge in [-0.25, -0.2) is 0 Å². The first kappa shape index (κ1) is 17.3. The number of hydrogen-bond donors (Lipinski definition) is 1. The normalized spacial score (nSPS) is 19.9. The molecule has 2 atom stereocenters. The number of thioether (sulfide) groups is 1. The topological polar surface area (TPSA) is 65.2 Å². The fourth-order valence-corrected chi connectivity index (χ4v) is 2.89. The quantitative estimate of drug-likeness (QED) is 0.908. The standard InChI is InChI=1S/C14H15N3OS.C2H6/c1-9-8-16-14(19-2)12(9)13(18)17-11-5-3-10(7-15)4-6-11;1-2/h3-6,9,12H,8H2,1-2H3,(H,17,18);1-2H3. The average Bonchev–Trinajstić information content (AvgIpc) is 2.91. The Kier molecular flexibility index (Phi) is 6.97. The molecule has 0 aromatic heterocycles. The van der Waals surface area contributed by atoms with Gasteiger partial charge in [0, 0.05) is 12.2 Å². The highest BCUT2D eigenvalue weighted by atomic mass is 32.2. The number of nitrogens with one attached hydrogen (secondary N) is 1. The van der Waals surface area contributed by atoms with E-state index in [0.717, 1.165) is 5.04 Å². The Morgan fingerprint density at radius 1 is 1.38 bits per heavy atom. The van der Waals surface area contributed by atoms with Crippen LogP contribution in [0.4, 0.5) is 5.69 Å². The summed E-state index contributed by atoms with van der Waals surface area (Å²) in [6, 6.07) is 8.92. The third-order valence-corrected chi connectivity index (χ3v) is 3.94. The van der Waals surface area contributed by atoms with Crippen LogP contribution in [0.2, 0.25) is 0 Å². The highest BCUT2D eigenvalue weighted by Gasteiger charge is 2.33. The van der Waals surface area contributed by atoms with E-state index in [9.17, 15) is 4.79 Å². The van der Waals surface area contributed by atoms with Gasteiger partial charge in [-0.05, 0) is 36.4 Å². The summed E-state index contributed by atoms with van der Waals surface area (Å²) in [5, 5.41) is 12.5. The second-order valence-electron chi connectivity index (χ2n) is 4.52. The summed E-state index contributed by atoms with van der Waals surface area (Å²) >= 11 is 1.54. The summed E-state index contributed by atoms with van der Waals surface area (Å²) < 4.78 is 0. The monoisotopic (exact) mass is 303 g/mol. The number of hydrogen-bond acceptors (Lipinski definition) is 4. The van der Waals surface area contributed by atoms with Gasteiger partial charge in [-0.3, -0.25) is 9.79 Å². The lowest BCUT2D eigenvalue weighted by atomic mass is 9.97. The molecule has 0 spiro atoms. The number of carbonyl (C=O) groups excluding carboxylic acids is 1. The van der Waals surface area contributed by atoms with Crippen molar-refractivity contribution in [1.29, 1.82) is 5.26 Å². The van der Waals surface area contributed by atoms with Crippen molar-refractivity contribution >= 4 is 28.4 Å². The van der Waals surface area contributed by atoms with E-state index in [0.29, 0.717) is 17.8 Å². The Balaban J connectivity index is 0.00000106. The van der Waals surface area contributed by atoms with E-state index >= 15 is 0 Å². The lowest BCUT2D eigenvalue weighted by molar-refractivity contribution is -0.118. The van der Waals surface area contributed by atoms with Crippen LogP contribution in [0.1, 0.15) is 26.3 Å². The molecule has 2 rings (SSSR count). The van der Waals surface area contributed by atoms with E-state index in [4.69, 9.17) is 5.26 Å². The number of rotatable bonds is 2. The van der Waals surface area contributed by atoms with Gasteiger partial charge < -0.3 is 5.32 Å². The minimum atomic E-state index is -0.161. The van der Waals surface area contributed by atoms with Crippen LogP contribution in [0, 0.1) is 23.2 Å². The molecular weight excluding hydrogens is 282 g/mol. The molecule has 1 amide bonds. The Hall–Kier alpha value is -1.80. The summed E-state index contributed by atoms with van der Waals surface area (Å²) in [6.45, 7) is 6.75. The molecule has 0 radical (unpaired) electrons. The van der Waals surface area contributed by atoms with Gasteiger partial charge in [0.25, 0.3) is 0 Å². The zero-order valence-electron chi connectivity index (χ0n) is 12.9. The molecule has 2 unspecified atom stereocenters. The highest BCUT2D eigenvalue weighted by molar-refractivity contribution is 8.13. The average molecular weight is 303 g/mol. The first-order chi connectivity index (χ1) is 10.2. The number of carbonyl (C=O) groups is 1. The number of aliphatic imine (C=N–C) groups is 1. The maximum atomic E-state index is 12.3. The molecule has 1 N–H and O–H groups in total. The van der Waals surface area contributed by atoms with Crippen LogP contribution in [-0.4, -0.2) is 23.8 Å². The van der Waals surface area contributed by atoms with Crippen molar-refractivity contribution in [2.75, 3.05) is 18.1 Å².